The molecule has 0 N–H and O–H groups in total. The van der Waals surface area contributed by atoms with E-state index in [0.29, 0.717) is 17.8 Å². The van der Waals surface area contributed by atoms with E-state index in [1.165, 1.54) is 96.3 Å². The minimum atomic E-state index is 0. The van der Waals surface area contributed by atoms with Crippen LogP contribution in [0, 0.1) is 61.2 Å². The molecule has 7 aromatic heterocycles. The molecule has 5 radical (unpaired) electrons. The van der Waals surface area contributed by atoms with Crippen LogP contribution in [-0.2, 0) is 113 Å². The van der Waals surface area contributed by atoms with Crippen LogP contribution in [0.3, 0.4) is 0 Å². The van der Waals surface area contributed by atoms with Crippen LogP contribution < -0.4 is 0 Å². The summed E-state index contributed by atoms with van der Waals surface area (Å²) in [5, 5.41) is 0. The van der Waals surface area contributed by atoms with Crippen molar-refractivity contribution in [1.82, 2.24) is 34.9 Å². The topological polar surface area (TPSA) is 90.2 Å². The van der Waals surface area contributed by atoms with Gasteiger partial charge in [0.15, 0.2) is 0 Å². The Hall–Kier alpha value is -12.1. The third-order valence-corrected chi connectivity index (χ3v) is 21.4. The minimum absolute atomic E-state index is 0. The molecule has 19 aromatic rings. The maximum absolute atomic E-state index is 4.52. The molecular weight excluding hydrogens is 2520 g/mol. The van der Waals surface area contributed by atoms with Crippen LogP contribution in [0.25, 0.3) is 134 Å². The molecule has 20 rings (SSSR count). The number of hydrogen-bond acceptors (Lipinski definition) is 7. The molecule has 1 saturated carbocycles. The van der Waals surface area contributed by atoms with Crippen molar-refractivity contribution in [2.75, 3.05) is 0 Å². The van der Waals surface area contributed by atoms with Gasteiger partial charge in [0.25, 0.3) is 0 Å². The van der Waals surface area contributed by atoms with Gasteiger partial charge in [0.05, 0.1) is 0 Å². The Bertz CT molecular complexity index is 6280. The molecule has 679 valence electrons. The van der Waals surface area contributed by atoms with E-state index in [1.54, 1.807) is 12.4 Å². The van der Waals surface area contributed by atoms with Gasteiger partial charge in [-0.2, -0.15) is 0 Å². The zero-order chi connectivity index (χ0) is 89.0. The molecule has 0 saturated heterocycles. The van der Waals surface area contributed by atoms with Crippen molar-refractivity contribution in [2.24, 2.45) is 11.8 Å². The van der Waals surface area contributed by atoms with Crippen molar-refractivity contribution in [2.45, 2.75) is 86.0 Å². The molecular formula is C122H104Ir5N7-7. The van der Waals surface area contributed by atoms with E-state index in [9.17, 15) is 0 Å². The number of nitrogens with zero attached hydrogens (tertiary/aromatic N) is 7. The van der Waals surface area contributed by atoms with E-state index in [0.717, 1.165) is 97.6 Å². The Morgan fingerprint density at radius 1 is 0.239 bits per heavy atom. The van der Waals surface area contributed by atoms with Crippen molar-refractivity contribution in [1.29, 1.82) is 0 Å². The summed E-state index contributed by atoms with van der Waals surface area (Å²) in [6, 6.07) is 155. The summed E-state index contributed by atoms with van der Waals surface area (Å²) in [5.74, 6) is 2.61. The summed E-state index contributed by atoms with van der Waals surface area (Å²) in [7, 11) is 0. The summed E-state index contributed by atoms with van der Waals surface area (Å²) < 4.78 is 0. The molecule has 1 fully saturated rings. The third kappa shape index (κ3) is 32.9. The summed E-state index contributed by atoms with van der Waals surface area (Å²) in [6.07, 6.45) is 17.8. The summed E-state index contributed by atoms with van der Waals surface area (Å²) in [5.41, 5.74) is 32.9. The molecule has 0 unspecified atom stereocenters. The van der Waals surface area contributed by atoms with Crippen LogP contribution in [0.1, 0.15) is 94.0 Å². The van der Waals surface area contributed by atoms with Crippen LogP contribution in [0.5, 0.6) is 0 Å². The van der Waals surface area contributed by atoms with E-state index in [4.69, 9.17) is 0 Å². The van der Waals surface area contributed by atoms with Gasteiger partial charge in [0.1, 0.15) is 0 Å². The van der Waals surface area contributed by atoms with Gasteiger partial charge in [0.2, 0.25) is 0 Å². The fourth-order valence-electron chi connectivity index (χ4n) is 14.6. The van der Waals surface area contributed by atoms with E-state index < -0.39 is 0 Å². The Morgan fingerprint density at radius 2 is 0.537 bits per heavy atom. The first-order valence-electron chi connectivity index (χ1n) is 44.2. The molecule has 0 spiro atoms. The normalized spacial score (nSPS) is 10.7. The van der Waals surface area contributed by atoms with Crippen LogP contribution in [-0.4, -0.2) is 34.9 Å². The first-order valence-corrected chi connectivity index (χ1v) is 44.2. The zero-order valence-electron chi connectivity index (χ0n) is 75.9. The Morgan fingerprint density at radius 3 is 0.843 bits per heavy atom. The summed E-state index contributed by atoms with van der Waals surface area (Å²) in [6.45, 7) is 15.4. The van der Waals surface area contributed by atoms with Crippen molar-refractivity contribution in [3.63, 3.8) is 0 Å². The molecule has 0 atom stereocenters. The minimum Gasteiger partial charge on any atom is -0.305 e. The molecule has 7 nitrogen and oxygen atoms in total. The monoisotopic (exact) mass is 2630 g/mol. The molecule has 0 bridgehead atoms. The fraction of sp³-hybridized carbons (Fsp3) is 0.123. The number of aryl methyl sites for hydroxylation is 1. The van der Waals surface area contributed by atoms with Crippen LogP contribution >= 0.6 is 0 Å². The molecule has 12 aromatic carbocycles. The summed E-state index contributed by atoms with van der Waals surface area (Å²) in [4.78, 5) is 30.8. The van der Waals surface area contributed by atoms with Crippen LogP contribution in [0.2, 0.25) is 0 Å². The Balaban J connectivity index is 0.000000176. The van der Waals surface area contributed by atoms with Crippen molar-refractivity contribution >= 4 is 0 Å². The first-order chi connectivity index (χ1) is 63.3. The van der Waals surface area contributed by atoms with E-state index in [-0.39, 0.29) is 101 Å². The molecule has 1 aliphatic rings. The number of aromatic nitrogens is 7. The molecule has 12 heteroatoms. The number of rotatable bonds is 18. The fourth-order valence-corrected chi connectivity index (χ4v) is 14.6. The van der Waals surface area contributed by atoms with E-state index in [2.05, 4.69) is 343 Å². The quantitative estimate of drug-likeness (QED) is 0.0791. The van der Waals surface area contributed by atoms with Crippen LogP contribution in [0.15, 0.2) is 432 Å². The molecule has 0 amide bonds. The van der Waals surface area contributed by atoms with Crippen molar-refractivity contribution in [3.05, 3.63) is 502 Å². The predicted molar refractivity (Wildman–Crippen MR) is 535 cm³/mol. The standard InChI is InChI=1S/2C21H20N.C20H16N.C20H18N.C18H14N.2C11H8N.5Ir/c2*1-16(2)13-17-11-12-22-21(14-17)20-10-6-9-19(15-20)18-7-4-3-5-8-18;1-2-5-15(6-3-1)17-7-4-8-19(13-17)20-14-18(11-12-21-20)16-9-10-16;1-15(2)16-9-11-17(12-10-16)18-6-5-7-19(14-18)20-8-3-4-13-21-20;1-14-10-11-18(19-13-14)17-9-5-8-16(12-17)15-6-3-2-4-7-15;2*1-2-6-10(7-3-1)11-8-4-5-9-12-11;;;;;/h2*3-9,11-12,14-16H,13H2,1-2H3;1-7,11-14,16H,9-10H2;3-6,8-15H,1-2H3;2-8,10-13H,1H3;2*1-6,8-9H;;;;;/q7*-1;;;;;. The zero-order valence-corrected chi connectivity index (χ0v) is 87.9. The second-order valence-corrected chi connectivity index (χ2v) is 32.7. The van der Waals surface area contributed by atoms with Gasteiger partial charge in [0, 0.05) is 144 Å². The predicted octanol–water partition coefficient (Wildman–Crippen LogP) is 30.9. The van der Waals surface area contributed by atoms with Crippen molar-refractivity contribution in [3.8, 4) is 134 Å². The molecule has 1 aliphatic carbocycles. The van der Waals surface area contributed by atoms with Crippen LogP contribution in [0.4, 0.5) is 0 Å². The third-order valence-electron chi connectivity index (χ3n) is 21.4. The summed E-state index contributed by atoms with van der Waals surface area (Å²) >= 11 is 0. The van der Waals surface area contributed by atoms with E-state index >= 15 is 0 Å². The molecule has 0 aliphatic heterocycles. The number of benzene rings is 12. The van der Waals surface area contributed by atoms with Gasteiger partial charge in [-0.05, 0) is 171 Å². The van der Waals surface area contributed by atoms with Gasteiger partial charge in [-0.1, -0.05) is 271 Å². The number of hydrogen-bond donors (Lipinski definition) is 0. The van der Waals surface area contributed by atoms with Gasteiger partial charge < -0.3 is 34.9 Å². The SMILES string of the molecule is CC(C)Cc1ccnc(-c2[c-]ccc(-c3ccccc3)c2)c1.CC(C)Cc1ccnc(-c2[c-]ccc(-c3ccccc3)c2)c1.CC(C)c1ccc(-c2cc[c-]c(-c3ccccn3)c2)cc1.Cc1ccc(-c2[c-]ccc(-c3ccccc3)c2)nc1.[Ir].[Ir].[Ir].[Ir].[Ir].[c-]1ccc(-c2ccccc2)cc1-c1cc(C2CC2)ccn1.[c-]1ccccc1-c1ccccn1.[c-]1ccccc1-c1ccccn1. The maximum atomic E-state index is 4.52. The second-order valence-electron chi connectivity index (χ2n) is 32.7. The smallest absolute Gasteiger partial charge is 0.0190 e. The molecule has 134 heavy (non-hydrogen) atoms. The van der Waals surface area contributed by atoms with Gasteiger partial charge in [-0.3, -0.25) is 0 Å². The Kier molecular flexibility index (Phi) is 44.3. The number of pyridine rings is 7. The van der Waals surface area contributed by atoms with Gasteiger partial charge >= 0.3 is 0 Å². The van der Waals surface area contributed by atoms with Gasteiger partial charge in [-0.15, -0.1) is 249 Å². The molecule has 7 heterocycles. The average Bonchev–Trinajstić information content (AvgIpc) is 1.30. The maximum Gasteiger partial charge on any atom is 0.0190 e. The second kappa shape index (κ2) is 56.2. The van der Waals surface area contributed by atoms with Gasteiger partial charge in [-0.25, -0.2) is 0 Å². The first kappa shape index (κ1) is 106. The van der Waals surface area contributed by atoms with Crippen molar-refractivity contribution < 1.29 is 101 Å². The largest absolute Gasteiger partial charge is 0.305 e. The van der Waals surface area contributed by atoms with E-state index in [1.807, 2.05) is 202 Å². The average molecular weight is 2630 g/mol. The Labute approximate surface area is 861 Å².